The molecule has 0 radical (unpaired) electrons. The predicted molar refractivity (Wildman–Crippen MR) is 101 cm³/mol. The molecule has 0 aliphatic carbocycles. The van der Waals surface area contributed by atoms with Crippen molar-refractivity contribution >= 4 is 5.97 Å². The van der Waals surface area contributed by atoms with Crippen LogP contribution in [-0.4, -0.2) is 17.7 Å². The Bertz CT molecular complexity index is 679. The highest BCUT2D eigenvalue weighted by molar-refractivity contribution is 5.76. The third-order valence-corrected chi connectivity index (χ3v) is 4.31. The Labute approximate surface area is 150 Å². The van der Waals surface area contributed by atoms with E-state index in [-0.39, 0.29) is 5.41 Å². The van der Waals surface area contributed by atoms with Crippen LogP contribution in [0.1, 0.15) is 56.7 Å². The van der Waals surface area contributed by atoms with Crippen LogP contribution in [0.25, 0.3) is 0 Å². The summed E-state index contributed by atoms with van der Waals surface area (Å²) < 4.78 is 5.58. The summed E-state index contributed by atoms with van der Waals surface area (Å²) in [5.41, 5.74) is 3.10. The lowest BCUT2D eigenvalue weighted by molar-refractivity contribution is -0.138. The Hall–Kier alpha value is -2.29. The topological polar surface area (TPSA) is 46.5 Å². The Balaban J connectivity index is 2.14. The molecule has 0 bridgehead atoms. The second kappa shape index (κ2) is 8.19. The Morgan fingerprint density at radius 2 is 1.64 bits per heavy atom. The van der Waals surface area contributed by atoms with Crippen LogP contribution >= 0.6 is 0 Å². The molecule has 2 aromatic rings. The van der Waals surface area contributed by atoms with Gasteiger partial charge in [0.25, 0.3) is 0 Å². The SMILES string of the molecule is CCCOc1ccc(CC(C(=O)O)c2ccc(C(C)(C)C)cc2)cc1. The van der Waals surface area contributed by atoms with Crippen LogP contribution in [-0.2, 0) is 16.6 Å². The number of hydrogen-bond donors (Lipinski definition) is 1. The van der Waals surface area contributed by atoms with Crippen LogP contribution in [0.4, 0.5) is 0 Å². The fraction of sp³-hybridized carbons (Fsp3) is 0.409. The van der Waals surface area contributed by atoms with Crippen molar-refractivity contribution < 1.29 is 14.6 Å². The summed E-state index contributed by atoms with van der Waals surface area (Å²) in [5, 5.41) is 9.66. The van der Waals surface area contributed by atoms with E-state index >= 15 is 0 Å². The monoisotopic (exact) mass is 340 g/mol. The van der Waals surface area contributed by atoms with Crippen LogP contribution in [0.5, 0.6) is 5.75 Å². The Morgan fingerprint density at radius 1 is 1.04 bits per heavy atom. The molecule has 25 heavy (non-hydrogen) atoms. The maximum atomic E-state index is 11.8. The van der Waals surface area contributed by atoms with Crippen molar-refractivity contribution in [2.75, 3.05) is 6.61 Å². The standard InChI is InChI=1S/C22H28O3/c1-5-14-25-19-12-6-16(7-13-19)15-20(21(23)24)17-8-10-18(11-9-17)22(2,3)4/h6-13,20H,5,14-15H2,1-4H3,(H,23,24). The fourth-order valence-corrected chi connectivity index (χ4v) is 2.74. The third-order valence-electron chi connectivity index (χ3n) is 4.31. The van der Waals surface area contributed by atoms with Gasteiger partial charge in [-0.15, -0.1) is 0 Å². The minimum absolute atomic E-state index is 0.0611. The summed E-state index contributed by atoms with van der Waals surface area (Å²) in [7, 11) is 0. The molecule has 0 heterocycles. The molecule has 1 atom stereocenters. The first kappa shape index (κ1) is 19.0. The van der Waals surface area contributed by atoms with E-state index in [1.807, 2.05) is 48.5 Å². The predicted octanol–water partition coefficient (Wildman–Crippen LogP) is 5.18. The first-order valence-corrected chi connectivity index (χ1v) is 8.86. The number of carboxylic acid groups (broad SMARTS) is 1. The van der Waals surface area contributed by atoms with Gasteiger partial charge in [0.1, 0.15) is 5.75 Å². The second-order valence-electron chi connectivity index (χ2n) is 7.46. The van der Waals surface area contributed by atoms with Gasteiger partial charge in [0.15, 0.2) is 0 Å². The number of benzene rings is 2. The number of ether oxygens (including phenoxy) is 1. The third kappa shape index (κ3) is 5.35. The zero-order chi connectivity index (χ0) is 18.4. The average Bonchev–Trinajstić information content (AvgIpc) is 2.58. The van der Waals surface area contributed by atoms with Gasteiger partial charge in [-0.2, -0.15) is 0 Å². The van der Waals surface area contributed by atoms with Crippen molar-refractivity contribution in [2.24, 2.45) is 0 Å². The summed E-state index contributed by atoms with van der Waals surface area (Å²) in [6, 6.07) is 15.7. The zero-order valence-electron chi connectivity index (χ0n) is 15.6. The lowest BCUT2D eigenvalue weighted by Crippen LogP contribution is -2.16. The van der Waals surface area contributed by atoms with E-state index in [2.05, 4.69) is 27.7 Å². The van der Waals surface area contributed by atoms with Crippen molar-refractivity contribution in [3.63, 3.8) is 0 Å². The summed E-state index contributed by atoms with van der Waals surface area (Å²) in [6.45, 7) is 9.21. The lowest BCUT2D eigenvalue weighted by atomic mass is 9.84. The number of hydrogen-bond acceptors (Lipinski definition) is 2. The van der Waals surface area contributed by atoms with E-state index in [1.165, 1.54) is 5.56 Å². The molecule has 0 aliphatic rings. The molecule has 0 aromatic heterocycles. The summed E-state index contributed by atoms with van der Waals surface area (Å²) in [6.07, 6.45) is 1.44. The number of carbonyl (C=O) groups is 1. The smallest absolute Gasteiger partial charge is 0.311 e. The average molecular weight is 340 g/mol. The molecule has 1 N–H and O–H groups in total. The molecule has 0 spiro atoms. The molecule has 0 saturated carbocycles. The number of rotatable bonds is 7. The fourth-order valence-electron chi connectivity index (χ4n) is 2.74. The van der Waals surface area contributed by atoms with Crippen LogP contribution in [0.15, 0.2) is 48.5 Å². The molecule has 3 nitrogen and oxygen atoms in total. The normalized spacial score (nSPS) is 12.6. The Kier molecular flexibility index (Phi) is 6.24. The van der Waals surface area contributed by atoms with Crippen molar-refractivity contribution in [2.45, 2.75) is 51.9 Å². The molecule has 134 valence electrons. The molecule has 0 aliphatic heterocycles. The zero-order valence-corrected chi connectivity index (χ0v) is 15.6. The highest BCUT2D eigenvalue weighted by Crippen LogP contribution is 2.27. The van der Waals surface area contributed by atoms with Gasteiger partial charge < -0.3 is 9.84 Å². The molecule has 2 rings (SSSR count). The molecule has 1 unspecified atom stereocenters. The highest BCUT2D eigenvalue weighted by atomic mass is 16.5. The van der Waals surface area contributed by atoms with E-state index in [0.29, 0.717) is 13.0 Å². The van der Waals surface area contributed by atoms with E-state index in [1.54, 1.807) is 0 Å². The minimum atomic E-state index is -0.796. The molecule has 0 saturated heterocycles. The second-order valence-corrected chi connectivity index (χ2v) is 7.46. The van der Waals surface area contributed by atoms with Gasteiger partial charge in [-0.05, 0) is 47.1 Å². The number of carboxylic acids is 1. The highest BCUT2D eigenvalue weighted by Gasteiger charge is 2.21. The van der Waals surface area contributed by atoms with Crippen LogP contribution in [0, 0.1) is 0 Å². The van der Waals surface area contributed by atoms with Crippen LogP contribution in [0.3, 0.4) is 0 Å². The molecular formula is C22H28O3. The van der Waals surface area contributed by atoms with Crippen molar-refractivity contribution in [3.05, 3.63) is 65.2 Å². The van der Waals surface area contributed by atoms with Gasteiger partial charge in [0.05, 0.1) is 12.5 Å². The van der Waals surface area contributed by atoms with E-state index < -0.39 is 11.9 Å². The summed E-state index contributed by atoms with van der Waals surface area (Å²) >= 11 is 0. The van der Waals surface area contributed by atoms with E-state index in [4.69, 9.17) is 4.74 Å². The molecule has 0 amide bonds. The molecular weight excluding hydrogens is 312 g/mol. The van der Waals surface area contributed by atoms with Gasteiger partial charge >= 0.3 is 5.97 Å². The summed E-state index contributed by atoms with van der Waals surface area (Å²) in [5.74, 6) is -0.516. The Morgan fingerprint density at radius 3 is 2.12 bits per heavy atom. The lowest BCUT2D eigenvalue weighted by Gasteiger charge is -2.20. The molecule has 3 heteroatoms. The minimum Gasteiger partial charge on any atom is -0.494 e. The summed E-state index contributed by atoms with van der Waals surface area (Å²) in [4.78, 5) is 11.8. The first-order valence-electron chi connectivity index (χ1n) is 8.86. The van der Waals surface area contributed by atoms with Crippen molar-refractivity contribution in [1.29, 1.82) is 0 Å². The maximum Gasteiger partial charge on any atom is 0.311 e. The molecule has 2 aromatic carbocycles. The van der Waals surface area contributed by atoms with E-state index in [0.717, 1.165) is 23.3 Å². The largest absolute Gasteiger partial charge is 0.494 e. The quantitative estimate of drug-likeness (QED) is 0.755. The van der Waals surface area contributed by atoms with Gasteiger partial charge in [-0.3, -0.25) is 4.79 Å². The van der Waals surface area contributed by atoms with Crippen LogP contribution < -0.4 is 4.74 Å². The van der Waals surface area contributed by atoms with Crippen LogP contribution in [0.2, 0.25) is 0 Å². The molecule has 0 fully saturated rings. The van der Waals surface area contributed by atoms with Gasteiger partial charge in [-0.25, -0.2) is 0 Å². The van der Waals surface area contributed by atoms with Gasteiger partial charge in [-0.1, -0.05) is 64.1 Å². The van der Waals surface area contributed by atoms with Gasteiger partial charge in [0.2, 0.25) is 0 Å². The van der Waals surface area contributed by atoms with E-state index in [9.17, 15) is 9.90 Å². The number of aliphatic carboxylic acids is 1. The van der Waals surface area contributed by atoms with Crippen molar-refractivity contribution in [1.82, 2.24) is 0 Å². The van der Waals surface area contributed by atoms with Gasteiger partial charge in [0, 0.05) is 0 Å². The van der Waals surface area contributed by atoms with Crippen molar-refractivity contribution in [3.8, 4) is 5.75 Å². The first-order chi connectivity index (χ1) is 11.8. The maximum absolute atomic E-state index is 11.8.